The molecule has 1 aliphatic rings. The fourth-order valence-electron chi connectivity index (χ4n) is 2.85. The molecule has 1 N–H and O–H groups in total. The maximum absolute atomic E-state index is 12.6. The van der Waals surface area contributed by atoms with E-state index < -0.39 is 0 Å². The van der Waals surface area contributed by atoms with E-state index >= 15 is 0 Å². The largest absolute Gasteiger partial charge is 0.337 e. The Hall–Kier alpha value is -1.41. The van der Waals surface area contributed by atoms with E-state index in [0.29, 0.717) is 6.54 Å². The van der Waals surface area contributed by atoms with Crippen LogP contribution in [0.1, 0.15) is 28.1 Å². The Balaban J connectivity index is 1.64. The summed E-state index contributed by atoms with van der Waals surface area (Å²) in [6.07, 6.45) is 1.68. The summed E-state index contributed by atoms with van der Waals surface area (Å²) in [6.45, 7) is 3.26. The number of thiophene rings is 1. The minimum Gasteiger partial charge on any atom is -0.337 e. The lowest BCUT2D eigenvalue weighted by Crippen LogP contribution is -2.43. The highest BCUT2D eigenvalue weighted by Crippen LogP contribution is 2.23. The van der Waals surface area contributed by atoms with Gasteiger partial charge in [-0.1, -0.05) is 12.1 Å². The Morgan fingerprint density at radius 3 is 2.88 bits per heavy atom. The van der Waals surface area contributed by atoms with E-state index in [2.05, 4.69) is 27.9 Å². The number of benzene rings is 1. The van der Waals surface area contributed by atoms with Crippen LogP contribution in [0.5, 0.6) is 0 Å². The third kappa shape index (κ3) is 3.97. The SMILES string of the molecule is Cc1ccc(NC(=O)C2CCCN(C(=O)c3cccs3)C2)cc1I. The van der Waals surface area contributed by atoms with Crippen molar-refractivity contribution in [1.82, 2.24) is 4.90 Å². The average Bonchev–Trinajstić information content (AvgIpc) is 3.12. The van der Waals surface area contributed by atoms with Gasteiger partial charge >= 0.3 is 0 Å². The Labute approximate surface area is 159 Å². The van der Waals surface area contributed by atoms with Gasteiger partial charge in [0.05, 0.1) is 10.8 Å². The molecule has 1 aromatic carbocycles. The van der Waals surface area contributed by atoms with Crippen LogP contribution in [-0.2, 0) is 4.79 Å². The van der Waals surface area contributed by atoms with Gasteiger partial charge in [0, 0.05) is 22.3 Å². The summed E-state index contributed by atoms with van der Waals surface area (Å²) in [7, 11) is 0. The van der Waals surface area contributed by atoms with Gasteiger partial charge in [-0.05, 0) is 71.5 Å². The van der Waals surface area contributed by atoms with Crippen LogP contribution in [-0.4, -0.2) is 29.8 Å². The molecule has 24 heavy (non-hydrogen) atoms. The Kier molecular flexibility index (Phi) is 5.55. The van der Waals surface area contributed by atoms with Crippen molar-refractivity contribution in [3.8, 4) is 0 Å². The van der Waals surface area contributed by atoms with Crippen LogP contribution >= 0.6 is 33.9 Å². The second kappa shape index (κ2) is 7.65. The summed E-state index contributed by atoms with van der Waals surface area (Å²) in [4.78, 5) is 27.6. The lowest BCUT2D eigenvalue weighted by atomic mass is 9.97. The molecule has 3 rings (SSSR count). The highest BCUT2D eigenvalue weighted by molar-refractivity contribution is 14.1. The summed E-state index contributed by atoms with van der Waals surface area (Å²) in [5, 5.41) is 4.90. The molecule has 0 spiro atoms. The zero-order valence-corrected chi connectivity index (χ0v) is 16.4. The van der Waals surface area contributed by atoms with Gasteiger partial charge < -0.3 is 10.2 Å². The molecular weight excluding hydrogens is 435 g/mol. The van der Waals surface area contributed by atoms with Gasteiger partial charge in [0.15, 0.2) is 0 Å². The van der Waals surface area contributed by atoms with Gasteiger partial charge in [0.25, 0.3) is 5.91 Å². The number of anilines is 1. The molecule has 1 atom stereocenters. The van der Waals surface area contributed by atoms with Crippen molar-refractivity contribution < 1.29 is 9.59 Å². The monoisotopic (exact) mass is 454 g/mol. The average molecular weight is 454 g/mol. The minimum absolute atomic E-state index is 0.00154. The number of aryl methyl sites for hydroxylation is 1. The zero-order chi connectivity index (χ0) is 17.1. The van der Waals surface area contributed by atoms with Crippen molar-refractivity contribution >= 4 is 51.4 Å². The summed E-state index contributed by atoms with van der Waals surface area (Å²) >= 11 is 3.71. The molecule has 2 aromatic rings. The first-order valence-corrected chi connectivity index (χ1v) is 9.90. The number of likely N-dealkylation sites (tertiary alicyclic amines) is 1. The molecule has 2 amide bonds. The molecule has 2 heterocycles. The molecule has 0 radical (unpaired) electrons. The van der Waals surface area contributed by atoms with Crippen molar-refractivity contribution in [3.63, 3.8) is 0 Å². The third-order valence-corrected chi connectivity index (χ3v) is 6.27. The van der Waals surface area contributed by atoms with Crippen molar-refractivity contribution in [2.75, 3.05) is 18.4 Å². The molecule has 0 aliphatic carbocycles. The molecule has 0 bridgehead atoms. The number of nitrogens with one attached hydrogen (secondary N) is 1. The number of halogens is 1. The Morgan fingerprint density at radius 2 is 2.17 bits per heavy atom. The van der Waals surface area contributed by atoms with Crippen LogP contribution in [0.3, 0.4) is 0 Å². The Morgan fingerprint density at radius 1 is 1.33 bits per heavy atom. The van der Waals surface area contributed by atoms with Gasteiger partial charge in [-0.3, -0.25) is 9.59 Å². The van der Waals surface area contributed by atoms with Crippen LogP contribution in [0.4, 0.5) is 5.69 Å². The number of hydrogen-bond donors (Lipinski definition) is 1. The van der Waals surface area contributed by atoms with Crippen molar-refractivity contribution in [1.29, 1.82) is 0 Å². The summed E-state index contributed by atoms with van der Waals surface area (Å²) in [5.74, 6) is -0.118. The number of nitrogens with zero attached hydrogens (tertiary/aromatic N) is 1. The summed E-state index contributed by atoms with van der Waals surface area (Å²) < 4.78 is 1.13. The molecule has 0 saturated carbocycles. The molecule has 1 fully saturated rings. The molecule has 1 aliphatic heterocycles. The normalized spacial score (nSPS) is 17.6. The molecule has 1 saturated heterocycles. The lowest BCUT2D eigenvalue weighted by Gasteiger charge is -2.31. The highest BCUT2D eigenvalue weighted by atomic mass is 127. The molecule has 4 nitrogen and oxygen atoms in total. The lowest BCUT2D eigenvalue weighted by molar-refractivity contribution is -0.121. The number of carbonyl (C=O) groups is 2. The quantitative estimate of drug-likeness (QED) is 0.709. The molecule has 126 valence electrons. The first-order valence-electron chi connectivity index (χ1n) is 7.94. The van der Waals surface area contributed by atoms with Crippen LogP contribution in [0, 0.1) is 16.4 Å². The second-order valence-corrected chi connectivity index (χ2v) is 8.13. The van der Waals surface area contributed by atoms with Crippen molar-refractivity contribution in [2.45, 2.75) is 19.8 Å². The fourth-order valence-corrected chi connectivity index (χ4v) is 4.05. The van der Waals surface area contributed by atoms with Gasteiger partial charge in [-0.25, -0.2) is 0 Å². The predicted octanol–water partition coefficient (Wildman–Crippen LogP) is 4.15. The van der Waals surface area contributed by atoms with E-state index in [4.69, 9.17) is 0 Å². The van der Waals surface area contributed by atoms with Crippen LogP contribution in [0.2, 0.25) is 0 Å². The van der Waals surface area contributed by atoms with E-state index in [1.165, 1.54) is 16.9 Å². The number of piperidine rings is 1. The standard InChI is InChI=1S/C18H19IN2O2S/c1-12-6-7-14(10-15(12)19)20-17(22)13-4-2-8-21(11-13)18(23)16-5-3-9-24-16/h3,5-7,9-10,13H,2,4,8,11H2,1H3,(H,20,22). The van der Waals surface area contributed by atoms with Crippen molar-refractivity contribution in [2.24, 2.45) is 5.92 Å². The molecule has 6 heteroatoms. The first-order chi connectivity index (χ1) is 11.5. The zero-order valence-electron chi connectivity index (χ0n) is 13.4. The van der Waals surface area contributed by atoms with Gasteiger partial charge in [0.2, 0.25) is 5.91 Å². The van der Waals surface area contributed by atoms with Gasteiger partial charge in [0.1, 0.15) is 0 Å². The summed E-state index contributed by atoms with van der Waals surface area (Å²) in [5.41, 5.74) is 2.01. The fraction of sp³-hybridized carbons (Fsp3) is 0.333. The first kappa shape index (κ1) is 17.4. The number of rotatable bonds is 3. The van der Waals surface area contributed by atoms with Gasteiger partial charge in [-0.15, -0.1) is 11.3 Å². The smallest absolute Gasteiger partial charge is 0.263 e. The van der Waals surface area contributed by atoms with E-state index in [1.54, 1.807) is 4.90 Å². The van der Waals surface area contributed by atoms with Crippen LogP contribution < -0.4 is 5.32 Å². The van der Waals surface area contributed by atoms with Crippen molar-refractivity contribution in [3.05, 3.63) is 49.7 Å². The second-order valence-electron chi connectivity index (χ2n) is 6.02. The Bertz CT molecular complexity index is 745. The van der Waals surface area contributed by atoms with Gasteiger partial charge in [-0.2, -0.15) is 0 Å². The third-order valence-electron chi connectivity index (χ3n) is 4.25. The maximum atomic E-state index is 12.6. The minimum atomic E-state index is -0.151. The molecular formula is C18H19IN2O2S. The predicted molar refractivity (Wildman–Crippen MR) is 105 cm³/mol. The molecule has 1 aromatic heterocycles. The van der Waals surface area contributed by atoms with E-state index in [0.717, 1.165) is 33.5 Å². The van der Waals surface area contributed by atoms with E-state index in [9.17, 15) is 9.59 Å². The number of hydrogen-bond acceptors (Lipinski definition) is 3. The number of amides is 2. The van der Waals surface area contributed by atoms with Crippen LogP contribution in [0.15, 0.2) is 35.7 Å². The summed E-state index contributed by atoms with van der Waals surface area (Å²) in [6, 6.07) is 9.62. The van der Waals surface area contributed by atoms with Crippen LogP contribution in [0.25, 0.3) is 0 Å². The molecule has 1 unspecified atom stereocenters. The van der Waals surface area contributed by atoms with E-state index in [1.807, 2.05) is 42.6 Å². The number of carbonyl (C=O) groups excluding carboxylic acids is 2. The highest BCUT2D eigenvalue weighted by Gasteiger charge is 2.29. The maximum Gasteiger partial charge on any atom is 0.263 e. The van der Waals surface area contributed by atoms with E-state index in [-0.39, 0.29) is 17.7 Å². The topological polar surface area (TPSA) is 49.4 Å².